The van der Waals surface area contributed by atoms with E-state index in [-0.39, 0.29) is 23.1 Å². The van der Waals surface area contributed by atoms with Crippen molar-refractivity contribution in [3.05, 3.63) is 85.7 Å². The molecule has 0 aliphatic carbocycles. The summed E-state index contributed by atoms with van der Waals surface area (Å²) in [5.41, 5.74) is 3.50. The minimum absolute atomic E-state index is 0.0249. The molecule has 1 atom stereocenters. The third-order valence-electron chi connectivity index (χ3n) is 4.56. The Balaban J connectivity index is 1.72. The first kappa shape index (κ1) is 21.3. The van der Waals surface area contributed by atoms with Crippen molar-refractivity contribution < 1.29 is 4.79 Å². The second-order valence-corrected chi connectivity index (χ2v) is 9.04. The molecule has 29 heavy (non-hydrogen) atoms. The molecule has 0 bridgehead atoms. The Morgan fingerprint density at radius 3 is 2.59 bits per heavy atom. The fraction of sp³-hybridized carbons (Fsp3) is 0.227. The van der Waals surface area contributed by atoms with E-state index in [9.17, 15) is 9.59 Å². The van der Waals surface area contributed by atoms with Crippen molar-refractivity contribution in [2.45, 2.75) is 37.6 Å². The van der Waals surface area contributed by atoms with E-state index in [1.165, 1.54) is 11.8 Å². The second kappa shape index (κ2) is 9.41. The lowest BCUT2D eigenvalue weighted by Gasteiger charge is -2.13. The summed E-state index contributed by atoms with van der Waals surface area (Å²) in [6.07, 6.45) is -0.0249. The summed E-state index contributed by atoms with van der Waals surface area (Å²) >= 11 is 4.89. The van der Waals surface area contributed by atoms with Crippen molar-refractivity contribution in [2.24, 2.45) is 0 Å². The highest BCUT2D eigenvalue weighted by atomic mass is 79.9. The van der Waals surface area contributed by atoms with Gasteiger partial charge in [-0.15, -0.1) is 0 Å². The molecule has 0 spiro atoms. The fourth-order valence-corrected chi connectivity index (χ4v) is 4.38. The molecule has 0 saturated carbocycles. The number of nitrogens with zero attached hydrogens (tertiary/aromatic N) is 1. The fourth-order valence-electron chi connectivity index (χ4n) is 2.93. The minimum Gasteiger partial charge on any atom is -0.326 e. The highest BCUT2D eigenvalue weighted by Gasteiger charge is 2.16. The summed E-state index contributed by atoms with van der Waals surface area (Å²) in [5.74, 6) is -0.246. The molecule has 150 valence electrons. The van der Waals surface area contributed by atoms with E-state index >= 15 is 0 Å². The Morgan fingerprint density at radius 2 is 1.93 bits per heavy atom. The van der Waals surface area contributed by atoms with Gasteiger partial charge in [0.05, 0.1) is 6.42 Å². The van der Waals surface area contributed by atoms with Crippen LogP contribution >= 0.6 is 27.7 Å². The molecule has 2 aromatic carbocycles. The minimum atomic E-state index is -0.275. The molecule has 1 amide bonds. The molecule has 0 aliphatic rings. The lowest BCUT2D eigenvalue weighted by molar-refractivity contribution is -0.115. The first-order valence-electron chi connectivity index (χ1n) is 9.21. The number of rotatable bonds is 6. The molecule has 0 saturated heterocycles. The number of thioether (sulfide) groups is 1. The molecule has 0 aliphatic heterocycles. The standard InChI is InChI=1S/C22H22BrN3O2S/c1-13-11-17(23)9-10-19(13)25-20(27)12-18-14(2)24-22(26-21(18)28)29-15(3)16-7-5-4-6-8-16/h4-11,15H,12H2,1-3H3,(H,25,27)(H,24,26,28). The summed E-state index contributed by atoms with van der Waals surface area (Å²) < 4.78 is 0.947. The van der Waals surface area contributed by atoms with E-state index in [1.54, 1.807) is 6.92 Å². The SMILES string of the molecule is Cc1cc(Br)ccc1NC(=O)Cc1c(C)nc(SC(C)c2ccccc2)[nH]c1=O. The zero-order valence-electron chi connectivity index (χ0n) is 16.5. The van der Waals surface area contributed by atoms with Crippen LogP contribution in [0.2, 0.25) is 0 Å². The van der Waals surface area contributed by atoms with Gasteiger partial charge in [-0.2, -0.15) is 0 Å². The second-order valence-electron chi connectivity index (χ2n) is 6.79. The number of carbonyl (C=O) groups excluding carboxylic acids is 1. The summed E-state index contributed by atoms with van der Waals surface area (Å²) in [4.78, 5) is 32.4. The van der Waals surface area contributed by atoms with Gasteiger partial charge in [-0.25, -0.2) is 4.98 Å². The van der Waals surface area contributed by atoms with Crippen LogP contribution in [0.5, 0.6) is 0 Å². The van der Waals surface area contributed by atoms with Crippen LogP contribution in [-0.4, -0.2) is 15.9 Å². The quantitative estimate of drug-likeness (QED) is 0.383. The predicted octanol–water partition coefficient (Wildman–Crippen LogP) is 5.18. The van der Waals surface area contributed by atoms with Crippen LogP contribution in [0, 0.1) is 13.8 Å². The number of halogens is 1. The van der Waals surface area contributed by atoms with Crippen LogP contribution in [-0.2, 0) is 11.2 Å². The van der Waals surface area contributed by atoms with E-state index in [0.29, 0.717) is 16.4 Å². The van der Waals surface area contributed by atoms with Gasteiger partial charge < -0.3 is 10.3 Å². The first-order valence-corrected chi connectivity index (χ1v) is 10.9. The van der Waals surface area contributed by atoms with Gasteiger partial charge in [-0.05, 0) is 50.1 Å². The van der Waals surface area contributed by atoms with Crippen LogP contribution < -0.4 is 10.9 Å². The zero-order valence-corrected chi connectivity index (χ0v) is 18.9. The molecule has 3 rings (SSSR count). The average Bonchev–Trinajstić information content (AvgIpc) is 2.67. The molecule has 7 heteroatoms. The highest BCUT2D eigenvalue weighted by Crippen LogP contribution is 2.32. The number of aryl methyl sites for hydroxylation is 2. The average molecular weight is 472 g/mol. The molecule has 3 aromatic rings. The van der Waals surface area contributed by atoms with E-state index in [2.05, 4.69) is 38.1 Å². The maximum Gasteiger partial charge on any atom is 0.255 e. The first-order chi connectivity index (χ1) is 13.8. The Labute approximate surface area is 182 Å². The monoisotopic (exact) mass is 471 g/mol. The van der Waals surface area contributed by atoms with Crippen molar-refractivity contribution in [3.8, 4) is 0 Å². The molecule has 2 N–H and O–H groups in total. The van der Waals surface area contributed by atoms with Gasteiger partial charge in [-0.3, -0.25) is 9.59 Å². The topological polar surface area (TPSA) is 74.8 Å². The normalized spacial score (nSPS) is 11.9. The maximum atomic E-state index is 12.6. The van der Waals surface area contributed by atoms with Crippen LogP contribution in [0.4, 0.5) is 5.69 Å². The summed E-state index contributed by atoms with van der Waals surface area (Å²) in [6, 6.07) is 15.7. The van der Waals surface area contributed by atoms with Gasteiger partial charge in [-0.1, -0.05) is 58.0 Å². The number of aromatic nitrogens is 2. The van der Waals surface area contributed by atoms with E-state index in [4.69, 9.17) is 0 Å². The van der Waals surface area contributed by atoms with Crippen LogP contribution in [0.1, 0.15) is 34.6 Å². The van der Waals surface area contributed by atoms with Gasteiger partial charge >= 0.3 is 0 Å². The predicted molar refractivity (Wildman–Crippen MR) is 122 cm³/mol. The number of hydrogen-bond donors (Lipinski definition) is 2. The molecule has 1 unspecified atom stereocenters. The lowest BCUT2D eigenvalue weighted by Crippen LogP contribution is -2.24. The van der Waals surface area contributed by atoms with Gasteiger partial charge in [0.1, 0.15) is 0 Å². The summed E-state index contributed by atoms with van der Waals surface area (Å²) in [7, 11) is 0. The third-order valence-corrected chi connectivity index (χ3v) is 6.09. The molecular weight excluding hydrogens is 450 g/mol. The Hall–Kier alpha value is -2.38. The molecular formula is C22H22BrN3O2S. The Morgan fingerprint density at radius 1 is 1.21 bits per heavy atom. The van der Waals surface area contributed by atoms with Crippen LogP contribution in [0.15, 0.2) is 63.0 Å². The van der Waals surface area contributed by atoms with E-state index < -0.39 is 0 Å². The van der Waals surface area contributed by atoms with E-state index in [0.717, 1.165) is 21.3 Å². The number of aromatic amines is 1. The lowest BCUT2D eigenvalue weighted by atomic mass is 10.1. The van der Waals surface area contributed by atoms with Crippen LogP contribution in [0.25, 0.3) is 0 Å². The third kappa shape index (κ3) is 5.58. The summed E-state index contributed by atoms with van der Waals surface area (Å²) in [6.45, 7) is 5.75. The van der Waals surface area contributed by atoms with Crippen molar-refractivity contribution in [2.75, 3.05) is 5.32 Å². The van der Waals surface area contributed by atoms with Crippen molar-refractivity contribution >= 4 is 39.3 Å². The van der Waals surface area contributed by atoms with Crippen LogP contribution in [0.3, 0.4) is 0 Å². The zero-order chi connectivity index (χ0) is 21.0. The largest absolute Gasteiger partial charge is 0.326 e. The number of nitrogens with one attached hydrogen (secondary N) is 2. The van der Waals surface area contributed by atoms with Crippen molar-refractivity contribution in [3.63, 3.8) is 0 Å². The molecule has 0 fully saturated rings. The summed E-state index contributed by atoms with van der Waals surface area (Å²) in [5, 5.41) is 3.56. The highest BCUT2D eigenvalue weighted by molar-refractivity contribution is 9.10. The Bertz CT molecular complexity index is 1080. The molecule has 1 heterocycles. The Kier molecular flexibility index (Phi) is 6.92. The van der Waals surface area contributed by atoms with Gasteiger partial charge in [0, 0.05) is 26.7 Å². The number of anilines is 1. The molecule has 5 nitrogen and oxygen atoms in total. The van der Waals surface area contributed by atoms with Gasteiger partial charge in [0.25, 0.3) is 5.56 Å². The van der Waals surface area contributed by atoms with Gasteiger partial charge in [0.2, 0.25) is 5.91 Å². The number of amides is 1. The van der Waals surface area contributed by atoms with Gasteiger partial charge in [0.15, 0.2) is 5.16 Å². The number of carbonyl (C=O) groups is 1. The van der Waals surface area contributed by atoms with Crippen molar-refractivity contribution in [1.82, 2.24) is 9.97 Å². The number of hydrogen-bond acceptors (Lipinski definition) is 4. The molecule has 1 aromatic heterocycles. The molecule has 0 radical (unpaired) electrons. The maximum absolute atomic E-state index is 12.6. The smallest absolute Gasteiger partial charge is 0.255 e. The number of H-pyrrole nitrogens is 1. The van der Waals surface area contributed by atoms with Crippen molar-refractivity contribution in [1.29, 1.82) is 0 Å². The number of benzene rings is 2. The van der Waals surface area contributed by atoms with E-state index in [1.807, 2.05) is 55.5 Å².